The molecule has 4 amide bonds. The van der Waals surface area contributed by atoms with E-state index >= 15 is 0 Å². The third kappa shape index (κ3) is 4.69. The summed E-state index contributed by atoms with van der Waals surface area (Å²) in [6, 6.07) is 14.8. The second kappa shape index (κ2) is 9.52. The maximum atomic E-state index is 12.6. The van der Waals surface area contributed by atoms with Crippen molar-refractivity contribution in [3.8, 4) is 0 Å². The first-order valence-electron chi connectivity index (χ1n) is 10.7. The van der Waals surface area contributed by atoms with Gasteiger partial charge in [-0.25, -0.2) is 0 Å². The minimum Gasteiger partial charge on any atom is -0.459 e. The number of furan rings is 1. The number of rotatable bonds is 8. The van der Waals surface area contributed by atoms with Crippen molar-refractivity contribution < 1.29 is 23.6 Å². The molecule has 0 radical (unpaired) electrons. The van der Waals surface area contributed by atoms with Gasteiger partial charge in [0, 0.05) is 24.3 Å². The molecule has 1 aliphatic heterocycles. The summed E-state index contributed by atoms with van der Waals surface area (Å²) in [5.74, 6) is -1.14. The van der Waals surface area contributed by atoms with E-state index in [2.05, 4.69) is 10.6 Å². The molecule has 4 rings (SSSR count). The van der Waals surface area contributed by atoms with Gasteiger partial charge < -0.3 is 15.1 Å². The fraction of sp³-hybridized carbons (Fsp3) is 0.200. The highest BCUT2D eigenvalue weighted by atomic mass is 16.3. The molecule has 2 aromatic carbocycles. The molecule has 0 aliphatic carbocycles. The van der Waals surface area contributed by atoms with E-state index < -0.39 is 0 Å². The number of carbonyl (C=O) groups excluding carboxylic acids is 4. The average molecular weight is 445 g/mol. The number of nitrogens with zero attached hydrogens (tertiary/aromatic N) is 1. The van der Waals surface area contributed by atoms with Gasteiger partial charge >= 0.3 is 0 Å². The minimum atomic E-state index is -0.356. The lowest BCUT2D eigenvalue weighted by Gasteiger charge is -2.12. The van der Waals surface area contributed by atoms with Gasteiger partial charge in [0.05, 0.1) is 17.4 Å². The molecule has 0 fully saturated rings. The topological polar surface area (TPSA) is 109 Å². The summed E-state index contributed by atoms with van der Waals surface area (Å²) >= 11 is 0. The molecular weight excluding hydrogens is 422 g/mol. The van der Waals surface area contributed by atoms with Crippen LogP contribution in [0.2, 0.25) is 0 Å². The van der Waals surface area contributed by atoms with Crippen LogP contribution >= 0.6 is 0 Å². The van der Waals surface area contributed by atoms with Gasteiger partial charge in [0.15, 0.2) is 5.76 Å². The highest BCUT2D eigenvalue weighted by Gasteiger charge is 2.35. The van der Waals surface area contributed by atoms with E-state index in [9.17, 15) is 19.2 Å². The Labute approximate surface area is 190 Å². The van der Waals surface area contributed by atoms with Crippen molar-refractivity contribution in [2.75, 3.05) is 11.9 Å². The van der Waals surface area contributed by atoms with Crippen molar-refractivity contribution in [2.45, 2.75) is 26.3 Å². The number of nitrogens with one attached hydrogen (secondary N) is 2. The fourth-order valence-electron chi connectivity index (χ4n) is 3.54. The lowest BCUT2D eigenvalue weighted by molar-refractivity contribution is 0.0652. The van der Waals surface area contributed by atoms with Crippen molar-refractivity contribution >= 4 is 29.3 Å². The zero-order valence-corrected chi connectivity index (χ0v) is 18.1. The second-order valence-electron chi connectivity index (χ2n) is 7.69. The molecule has 0 unspecified atom stereocenters. The van der Waals surface area contributed by atoms with Gasteiger partial charge in [0.1, 0.15) is 0 Å². The Balaban J connectivity index is 1.36. The third-order valence-corrected chi connectivity index (χ3v) is 5.38. The van der Waals surface area contributed by atoms with Crippen LogP contribution < -0.4 is 10.6 Å². The molecule has 0 spiro atoms. The zero-order valence-electron chi connectivity index (χ0n) is 18.1. The number of anilines is 1. The molecule has 0 saturated carbocycles. The summed E-state index contributed by atoms with van der Waals surface area (Å²) in [6.07, 6.45) is 3.04. The van der Waals surface area contributed by atoms with Gasteiger partial charge in [-0.05, 0) is 54.4 Å². The predicted molar refractivity (Wildman–Crippen MR) is 121 cm³/mol. The van der Waals surface area contributed by atoms with E-state index in [1.807, 2.05) is 6.92 Å². The first-order valence-corrected chi connectivity index (χ1v) is 10.7. The molecule has 0 saturated heterocycles. The molecule has 0 bridgehead atoms. The number of unbranched alkanes of at least 4 members (excludes halogenated alkanes) is 1. The van der Waals surface area contributed by atoms with Crippen molar-refractivity contribution in [1.29, 1.82) is 0 Å². The molecular formula is C25H23N3O5. The van der Waals surface area contributed by atoms with Crippen LogP contribution in [0.5, 0.6) is 0 Å². The van der Waals surface area contributed by atoms with Crippen LogP contribution in [-0.2, 0) is 6.54 Å². The van der Waals surface area contributed by atoms with Crippen LogP contribution in [0.4, 0.5) is 5.69 Å². The summed E-state index contributed by atoms with van der Waals surface area (Å²) in [5, 5.41) is 5.54. The van der Waals surface area contributed by atoms with Crippen LogP contribution in [0.25, 0.3) is 0 Å². The van der Waals surface area contributed by atoms with Crippen molar-refractivity contribution in [1.82, 2.24) is 10.2 Å². The molecule has 0 atom stereocenters. The average Bonchev–Trinajstić information content (AvgIpc) is 3.45. The lowest BCUT2D eigenvalue weighted by atomic mass is 10.1. The number of benzene rings is 2. The standard InChI is InChI=1S/C25H23N3O5/c1-2-3-12-28-24(31)19-11-8-17(14-20(19)25(28)32)22(29)26-15-16-6-9-18(10-7-16)27-23(30)21-5-4-13-33-21/h4-11,13-14H,2-3,12,15H2,1H3,(H,26,29)(H,27,30). The molecule has 1 aliphatic rings. The SMILES string of the molecule is CCCCN1C(=O)c2ccc(C(=O)NCc3ccc(NC(=O)c4ccco4)cc3)cc2C1=O. The molecule has 1 aromatic heterocycles. The quantitative estimate of drug-likeness (QED) is 0.512. The van der Waals surface area contributed by atoms with E-state index in [1.165, 1.54) is 23.3 Å². The number of fused-ring (bicyclic) bond motifs is 1. The third-order valence-electron chi connectivity index (χ3n) is 5.38. The van der Waals surface area contributed by atoms with Gasteiger partial charge in [-0.2, -0.15) is 0 Å². The van der Waals surface area contributed by atoms with E-state index in [-0.39, 0.29) is 41.5 Å². The van der Waals surface area contributed by atoms with Gasteiger partial charge in [-0.3, -0.25) is 24.1 Å². The Morgan fingerprint density at radius 2 is 1.70 bits per heavy atom. The van der Waals surface area contributed by atoms with Crippen LogP contribution in [0.1, 0.15) is 67.0 Å². The summed E-state index contributed by atoms with van der Waals surface area (Å²) in [7, 11) is 0. The monoisotopic (exact) mass is 445 g/mol. The summed E-state index contributed by atoms with van der Waals surface area (Å²) in [5.41, 5.74) is 2.34. The maximum absolute atomic E-state index is 12.6. The molecule has 8 heteroatoms. The van der Waals surface area contributed by atoms with E-state index in [0.29, 0.717) is 23.4 Å². The summed E-state index contributed by atoms with van der Waals surface area (Å²) in [4.78, 5) is 50.9. The van der Waals surface area contributed by atoms with Gasteiger partial charge in [-0.1, -0.05) is 25.5 Å². The Morgan fingerprint density at radius 1 is 0.939 bits per heavy atom. The van der Waals surface area contributed by atoms with Gasteiger partial charge in [0.25, 0.3) is 23.6 Å². The largest absolute Gasteiger partial charge is 0.459 e. The van der Waals surface area contributed by atoms with E-state index in [0.717, 1.165) is 18.4 Å². The zero-order chi connectivity index (χ0) is 23.4. The fourth-order valence-corrected chi connectivity index (χ4v) is 3.54. The molecule has 3 aromatic rings. The number of hydrogen-bond acceptors (Lipinski definition) is 5. The predicted octanol–water partition coefficient (Wildman–Crippen LogP) is 3.86. The molecule has 33 heavy (non-hydrogen) atoms. The van der Waals surface area contributed by atoms with Crippen LogP contribution in [0.3, 0.4) is 0 Å². The van der Waals surface area contributed by atoms with E-state index in [4.69, 9.17) is 4.42 Å². The Bertz CT molecular complexity index is 1200. The van der Waals surface area contributed by atoms with Gasteiger partial charge in [0.2, 0.25) is 0 Å². The lowest BCUT2D eigenvalue weighted by Crippen LogP contribution is -2.30. The normalized spacial score (nSPS) is 12.6. The van der Waals surface area contributed by atoms with Crippen LogP contribution in [-0.4, -0.2) is 35.1 Å². The van der Waals surface area contributed by atoms with Crippen molar-refractivity contribution in [3.05, 3.63) is 88.9 Å². The maximum Gasteiger partial charge on any atom is 0.291 e. The second-order valence-corrected chi connectivity index (χ2v) is 7.69. The molecule has 168 valence electrons. The molecule has 2 N–H and O–H groups in total. The number of carbonyl (C=O) groups is 4. The Kier molecular flexibility index (Phi) is 6.35. The van der Waals surface area contributed by atoms with Crippen LogP contribution in [0, 0.1) is 0 Å². The smallest absolute Gasteiger partial charge is 0.291 e. The number of amides is 4. The van der Waals surface area contributed by atoms with Crippen molar-refractivity contribution in [2.24, 2.45) is 0 Å². The summed E-state index contributed by atoms with van der Waals surface area (Å²) in [6.45, 7) is 2.63. The number of hydrogen-bond donors (Lipinski definition) is 2. The molecule has 8 nitrogen and oxygen atoms in total. The first kappa shape index (κ1) is 22.0. The summed E-state index contributed by atoms with van der Waals surface area (Å²) < 4.78 is 5.06. The Morgan fingerprint density at radius 3 is 2.39 bits per heavy atom. The van der Waals surface area contributed by atoms with Crippen LogP contribution in [0.15, 0.2) is 65.3 Å². The minimum absolute atomic E-state index is 0.217. The number of imide groups is 1. The van der Waals surface area contributed by atoms with E-state index in [1.54, 1.807) is 42.5 Å². The molecule has 2 heterocycles. The van der Waals surface area contributed by atoms with Gasteiger partial charge in [-0.15, -0.1) is 0 Å². The van der Waals surface area contributed by atoms with Crippen molar-refractivity contribution in [3.63, 3.8) is 0 Å². The Hall–Kier alpha value is -4.20. The highest BCUT2D eigenvalue weighted by molar-refractivity contribution is 6.22. The highest BCUT2D eigenvalue weighted by Crippen LogP contribution is 2.24. The first-order chi connectivity index (χ1) is 16.0.